The van der Waals surface area contributed by atoms with Gasteiger partial charge in [0.15, 0.2) is 0 Å². The summed E-state index contributed by atoms with van der Waals surface area (Å²) >= 11 is 0. The first-order chi connectivity index (χ1) is 13.5. The molecule has 0 saturated carbocycles. The molecule has 0 unspecified atom stereocenters. The first-order valence-electron chi connectivity index (χ1n) is 9.26. The average Bonchev–Trinajstić information content (AvgIpc) is 3.00. The number of benzene rings is 2. The van der Waals surface area contributed by atoms with Crippen LogP contribution >= 0.6 is 12.4 Å². The van der Waals surface area contributed by atoms with E-state index in [9.17, 15) is 13.6 Å². The largest absolute Gasteiger partial charge is 0.350 e. The van der Waals surface area contributed by atoms with E-state index >= 15 is 0 Å². The number of nitrogens with one attached hydrogen (secondary N) is 1. The average molecular weight is 421 g/mol. The smallest absolute Gasteiger partial charge is 0.271 e. The molecule has 2 atom stereocenters. The third-order valence-corrected chi connectivity index (χ3v) is 5.18. The summed E-state index contributed by atoms with van der Waals surface area (Å²) in [5, 5.41) is 0.661. The topological polar surface area (TPSA) is 88.1 Å². The van der Waals surface area contributed by atoms with Crippen molar-refractivity contribution in [3.05, 3.63) is 59.5 Å². The van der Waals surface area contributed by atoms with Crippen LogP contribution in [0.5, 0.6) is 0 Å². The second-order valence-electron chi connectivity index (χ2n) is 7.24. The predicted molar refractivity (Wildman–Crippen MR) is 112 cm³/mol. The quantitative estimate of drug-likeness (QED) is 0.591. The fourth-order valence-electron chi connectivity index (χ4n) is 3.87. The Morgan fingerprint density at radius 1 is 1.21 bits per heavy atom. The number of fused-ring (bicyclic) bond motifs is 5. The number of nitrogens with zero attached hydrogens (tertiary/aromatic N) is 1. The molecule has 5 nitrogen and oxygen atoms in total. The van der Waals surface area contributed by atoms with Gasteiger partial charge in [-0.2, -0.15) is 0 Å². The number of aromatic nitrogens is 1. The van der Waals surface area contributed by atoms with Crippen molar-refractivity contribution in [2.75, 3.05) is 13.1 Å². The Hall–Kier alpha value is -2.48. The number of hydrogen-bond donors (Lipinski definition) is 3. The molecule has 1 aliphatic rings. The van der Waals surface area contributed by atoms with Crippen LogP contribution in [0.15, 0.2) is 42.5 Å². The molecule has 0 bridgehead atoms. The number of aromatic amines is 1. The maximum Gasteiger partial charge on any atom is 0.271 e. The van der Waals surface area contributed by atoms with Crippen LogP contribution in [0, 0.1) is 5.82 Å². The summed E-state index contributed by atoms with van der Waals surface area (Å²) in [5.41, 5.74) is 15.0. The van der Waals surface area contributed by atoms with Gasteiger partial charge in [0.05, 0.1) is 0 Å². The maximum absolute atomic E-state index is 13.9. The number of hydrogen-bond acceptors (Lipinski definition) is 3. The van der Waals surface area contributed by atoms with E-state index in [1.54, 1.807) is 11.0 Å². The lowest BCUT2D eigenvalue weighted by molar-refractivity contribution is 0.0724. The second kappa shape index (κ2) is 8.49. The van der Waals surface area contributed by atoms with Gasteiger partial charge in [-0.05, 0) is 35.7 Å². The van der Waals surface area contributed by atoms with E-state index in [4.69, 9.17) is 11.5 Å². The third-order valence-electron chi connectivity index (χ3n) is 5.18. The molecule has 2 aromatic carbocycles. The minimum Gasteiger partial charge on any atom is -0.350 e. The van der Waals surface area contributed by atoms with E-state index in [1.807, 2.05) is 24.3 Å². The summed E-state index contributed by atoms with van der Waals surface area (Å²) in [7, 11) is 0. The number of halogens is 3. The summed E-state index contributed by atoms with van der Waals surface area (Å²) in [6.45, 7) is 0.459. The van der Waals surface area contributed by atoms with Crippen molar-refractivity contribution < 1.29 is 13.6 Å². The molecule has 0 spiro atoms. The molecule has 8 heteroatoms. The number of nitrogens with two attached hydrogens (primary N) is 2. The van der Waals surface area contributed by atoms with Gasteiger partial charge in [0.1, 0.15) is 17.7 Å². The molecule has 5 N–H and O–H groups in total. The number of carbonyl (C=O) groups is 1. The van der Waals surface area contributed by atoms with E-state index in [1.165, 1.54) is 12.1 Å². The Balaban J connectivity index is 0.00000240. The van der Waals surface area contributed by atoms with Gasteiger partial charge in [0, 0.05) is 42.1 Å². The number of amides is 1. The first-order valence-corrected chi connectivity index (χ1v) is 9.26. The fourth-order valence-corrected chi connectivity index (χ4v) is 3.87. The molecule has 29 heavy (non-hydrogen) atoms. The zero-order chi connectivity index (χ0) is 19.8. The van der Waals surface area contributed by atoms with Crippen LogP contribution in [0.4, 0.5) is 8.78 Å². The maximum atomic E-state index is 13.9. The molecule has 1 aromatic heterocycles. The van der Waals surface area contributed by atoms with E-state index in [0.717, 1.165) is 11.1 Å². The normalized spacial score (nSPS) is 15.3. The van der Waals surface area contributed by atoms with Crippen LogP contribution in [0.3, 0.4) is 0 Å². The van der Waals surface area contributed by atoms with Crippen molar-refractivity contribution in [1.29, 1.82) is 0 Å². The first kappa shape index (κ1) is 21.2. The summed E-state index contributed by atoms with van der Waals surface area (Å²) in [5.74, 6) is -0.598. The lowest BCUT2D eigenvalue weighted by Crippen LogP contribution is -2.42. The Kier molecular flexibility index (Phi) is 6.21. The highest BCUT2D eigenvalue weighted by Gasteiger charge is 2.30. The number of rotatable bonds is 5. The number of alkyl halides is 1. The fraction of sp³-hybridized carbons (Fsp3) is 0.286. The van der Waals surface area contributed by atoms with E-state index in [-0.39, 0.29) is 43.6 Å². The standard InChI is InChI=1S/C21H22F2N4O.ClH/c22-13-5-6-18-17(8-13)19-16-4-2-1-3-12(16)10-27(21(28)20(19)26-18)11-15(25)7-14(23)9-24;/h1-6,8,14-15,26H,7,9-11,24-25H2;1H/t14-,15-;/m1./s1. The predicted octanol–water partition coefficient (Wildman–Crippen LogP) is 3.37. The molecule has 0 fully saturated rings. The molecular weight excluding hydrogens is 398 g/mol. The van der Waals surface area contributed by atoms with E-state index in [2.05, 4.69) is 4.98 Å². The summed E-state index contributed by atoms with van der Waals surface area (Å²) < 4.78 is 27.5. The molecule has 0 radical (unpaired) electrons. The van der Waals surface area contributed by atoms with Gasteiger partial charge in [-0.3, -0.25) is 4.79 Å². The van der Waals surface area contributed by atoms with Crippen molar-refractivity contribution in [2.45, 2.75) is 25.2 Å². The highest BCUT2D eigenvalue weighted by atomic mass is 35.5. The Morgan fingerprint density at radius 2 is 1.97 bits per heavy atom. The van der Waals surface area contributed by atoms with E-state index < -0.39 is 12.2 Å². The zero-order valence-corrected chi connectivity index (χ0v) is 16.5. The summed E-state index contributed by atoms with van der Waals surface area (Å²) in [6.07, 6.45) is -1.11. The summed E-state index contributed by atoms with van der Waals surface area (Å²) in [4.78, 5) is 18.0. The SMILES string of the molecule is Cl.NC[C@H](F)C[C@@H](N)CN1Cc2ccccc2-c2c([nH]c3ccc(F)cc23)C1=O. The Morgan fingerprint density at radius 3 is 2.72 bits per heavy atom. The van der Waals surface area contributed by atoms with Crippen LogP contribution in [0.25, 0.3) is 22.0 Å². The number of carbonyl (C=O) groups excluding carboxylic acids is 1. The summed E-state index contributed by atoms with van der Waals surface area (Å²) in [6, 6.07) is 11.5. The lowest BCUT2D eigenvalue weighted by atomic mass is 9.98. The van der Waals surface area contributed by atoms with Gasteiger partial charge in [-0.15, -0.1) is 12.4 Å². The van der Waals surface area contributed by atoms with Crippen LogP contribution in [0.1, 0.15) is 22.5 Å². The molecule has 3 aromatic rings. The Labute approximate surface area is 173 Å². The molecule has 1 amide bonds. The molecule has 2 heterocycles. The lowest BCUT2D eigenvalue weighted by Gasteiger charge is -2.25. The minimum absolute atomic E-state index is 0. The molecule has 1 aliphatic heterocycles. The van der Waals surface area contributed by atoms with Crippen molar-refractivity contribution in [3.8, 4) is 11.1 Å². The van der Waals surface area contributed by atoms with Gasteiger partial charge >= 0.3 is 0 Å². The molecule has 4 rings (SSSR count). The Bertz CT molecular complexity index is 1040. The van der Waals surface area contributed by atoms with Gasteiger partial charge < -0.3 is 21.4 Å². The van der Waals surface area contributed by atoms with Crippen molar-refractivity contribution in [2.24, 2.45) is 11.5 Å². The van der Waals surface area contributed by atoms with Gasteiger partial charge in [0.2, 0.25) is 0 Å². The molecule has 0 saturated heterocycles. The van der Waals surface area contributed by atoms with Gasteiger partial charge in [-0.1, -0.05) is 24.3 Å². The molecular formula is C21H23ClF2N4O. The third kappa shape index (κ3) is 3.99. The van der Waals surface area contributed by atoms with Crippen LogP contribution in [-0.2, 0) is 6.54 Å². The van der Waals surface area contributed by atoms with Gasteiger partial charge in [-0.25, -0.2) is 8.78 Å². The van der Waals surface area contributed by atoms with Crippen LogP contribution in [-0.4, -0.2) is 41.1 Å². The van der Waals surface area contributed by atoms with Crippen molar-refractivity contribution >= 4 is 29.2 Å². The van der Waals surface area contributed by atoms with Crippen molar-refractivity contribution in [1.82, 2.24) is 9.88 Å². The van der Waals surface area contributed by atoms with Crippen molar-refractivity contribution in [3.63, 3.8) is 0 Å². The molecule has 154 valence electrons. The van der Waals surface area contributed by atoms with Crippen LogP contribution < -0.4 is 11.5 Å². The number of H-pyrrole nitrogens is 1. The minimum atomic E-state index is -1.20. The highest BCUT2D eigenvalue weighted by molar-refractivity contribution is 6.11. The highest BCUT2D eigenvalue weighted by Crippen LogP contribution is 2.38. The molecule has 0 aliphatic carbocycles. The van der Waals surface area contributed by atoms with Crippen LogP contribution in [0.2, 0.25) is 0 Å². The van der Waals surface area contributed by atoms with E-state index in [0.29, 0.717) is 28.7 Å². The second-order valence-corrected chi connectivity index (χ2v) is 7.24. The monoisotopic (exact) mass is 420 g/mol. The van der Waals surface area contributed by atoms with Gasteiger partial charge in [0.25, 0.3) is 5.91 Å². The zero-order valence-electron chi connectivity index (χ0n) is 15.7.